The molecule has 1 N–H and O–H groups in total. The number of aldehydes is 1. The maximum atomic E-state index is 9.50. The van der Waals surface area contributed by atoms with E-state index in [-0.39, 0.29) is 5.92 Å². The topological polar surface area (TPSA) is 44.8 Å². The summed E-state index contributed by atoms with van der Waals surface area (Å²) in [5.74, 6) is 0.204. The zero-order valence-electron chi connectivity index (χ0n) is 14.6. The highest BCUT2D eigenvalue weighted by molar-refractivity contribution is 5.51. The first kappa shape index (κ1) is 20.5. The number of nitrogens with zero attached hydrogens (tertiary/aromatic N) is 2. The summed E-state index contributed by atoms with van der Waals surface area (Å²) in [4.78, 5) is 14.5. The fourth-order valence-electron chi connectivity index (χ4n) is 1.97. The molecule has 0 spiro atoms. The van der Waals surface area contributed by atoms with Crippen LogP contribution in [0.3, 0.4) is 0 Å². The second-order valence-corrected chi connectivity index (χ2v) is 6.07. The number of rotatable bonds is 8. The maximum absolute atomic E-state index is 9.50. The van der Waals surface area contributed by atoms with Crippen molar-refractivity contribution in [2.75, 3.05) is 59.5 Å². The average Bonchev–Trinajstić information content (AvgIpc) is 2.48. The van der Waals surface area contributed by atoms with Crippen molar-refractivity contribution >= 4 is 6.29 Å². The molecule has 1 rings (SSSR count). The van der Waals surface area contributed by atoms with E-state index >= 15 is 0 Å². The van der Waals surface area contributed by atoms with Gasteiger partial charge in [-0.25, -0.2) is 0 Å². The van der Waals surface area contributed by atoms with Gasteiger partial charge in [-0.3, -0.25) is 9.80 Å². The van der Waals surface area contributed by atoms with Gasteiger partial charge in [0.2, 0.25) is 0 Å². The van der Waals surface area contributed by atoms with E-state index in [1.54, 1.807) is 0 Å². The lowest BCUT2D eigenvalue weighted by Gasteiger charge is -2.36. The summed E-state index contributed by atoms with van der Waals surface area (Å²) >= 11 is 0. The molecule has 1 saturated heterocycles. The van der Waals surface area contributed by atoms with Crippen LogP contribution in [0.2, 0.25) is 0 Å². The zero-order chi connectivity index (χ0) is 16.1. The highest BCUT2D eigenvalue weighted by Crippen LogP contribution is 2.05. The van der Waals surface area contributed by atoms with Crippen molar-refractivity contribution in [3.63, 3.8) is 0 Å². The van der Waals surface area contributed by atoms with Crippen LogP contribution < -0.4 is 5.32 Å². The van der Waals surface area contributed by atoms with Gasteiger partial charge >= 0.3 is 0 Å². The van der Waals surface area contributed by atoms with Crippen LogP contribution in [0.4, 0.5) is 0 Å². The van der Waals surface area contributed by atoms with E-state index in [1.807, 2.05) is 20.9 Å². The Balaban J connectivity index is 0.000000690. The third-order valence-corrected chi connectivity index (χ3v) is 3.46. The SMILES string of the molecule is CC(C)C=O.CNCCOCCN1CCN(C(C)C)CC1. The van der Waals surface area contributed by atoms with Gasteiger partial charge in [-0.15, -0.1) is 0 Å². The molecule has 5 heteroatoms. The molecule has 5 nitrogen and oxygen atoms in total. The van der Waals surface area contributed by atoms with Crippen LogP contribution in [0.25, 0.3) is 0 Å². The van der Waals surface area contributed by atoms with Gasteiger partial charge in [0.05, 0.1) is 13.2 Å². The first-order valence-corrected chi connectivity index (χ1v) is 8.15. The number of hydrogen-bond acceptors (Lipinski definition) is 5. The monoisotopic (exact) mass is 301 g/mol. The molecule has 0 aromatic heterocycles. The average molecular weight is 301 g/mol. The Morgan fingerprint density at radius 1 is 1.10 bits per heavy atom. The van der Waals surface area contributed by atoms with Gasteiger partial charge in [0.25, 0.3) is 0 Å². The molecule has 0 aliphatic carbocycles. The molecule has 1 fully saturated rings. The second kappa shape index (κ2) is 13.2. The minimum Gasteiger partial charge on any atom is -0.379 e. The van der Waals surface area contributed by atoms with Crippen LogP contribution >= 0.6 is 0 Å². The van der Waals surface area contributed by atoms with E-state index in [4.69, 9.17) is 4.74 Å². The number of likely N-dealkylation sites (N-methyl/N-ethyl adjacent to an activating group) is 1. The van der Waals surface area contributed by atoms with Crippen molar-refractivity contribution < 1.29 is 9.53 Å². The number of carbonyl (C=O) groups excluding carboxylic acids is 1. The Morgan fingerprint density at radius 2 is 1.67 bits per heavy atom. The fraction of sp³-hybridized carbons (Fsp3) is 0.938. The first-order valence-electron chi connectivity index (χ1n) is 8.15. The van der Waals surface area contributed by atoms with Crippen LogP contribution in [-0.4, -0.2) is 81.7 Å². The molecule has 0 saturated carbocycles. The van der Waals surface area contributed by atoms with Crippen LogP contribution in [-0.2, 0) is 9.53 Å². The van der Waals surface area contributed by atoms with Crippen LogP contribution in [0, 0.1) is 5.92 Å². The molecular formula is C16H35N3O2. The normalized spacial score (nSPS) is 16.9. The number of piperazine rings is 1. The van der Waals surface area contributed by atoms with Crippen LogP contribution in [0.5, 0.6) is 0 Å². The van der Waals surface area contributed by atoms with Gasteiger partial charge < -0.3 is 14.8 Å². The summed E-state index contributed by atoms with van der Waals surface area (Å²) in [5.41, 5.74) is 0. The molecule has 0 bridgehead atoms. The quantitative estimate of drug-likeness (QED) is 0.537. The Labute approximate surface area is 131 Å². The molecule has 1 heterocycles. The molecule has 0 aromatic rings. The van der Waals surface area contributed by atoms with Crippen molar-refractivity contribution in [2.45, 2.75) is 33.7 Å². The number of nitrogens with one attached hydrogen (secondary N) is 1. The Hall–Kier alpha value is -0.490. The largest absolute Gasteiger partial charge is 0.379 e. The van der Waals surface area contributed by atoms with Crippen LogP contribution in [0.15, 0.2) is 0 Å². The van der Waals surface area contributed by atoms with E-state index in [9.17, 15) is 4.79 Å². The zero-order valence-corrected chi connectivity index (χ0v) is 14.6. The number of ether oxygens (including phenoxy) is 1. The van der Waals surface area contributed by atoms with Crippen molar-refractivity contribution in [1.29, 1.82) is 0 Å². The molecule has 0 amide bonds. The summed E-state index contributed by atoms with van der Waals surface area (Å²) in [7, 11) is 1.95. The Morgan fingerprint density at radius 3 is 2.10 bits per heavy atom. The molecular weight excluding hydrogens is 266 g/mol. The Kier molecular flexibility index (Phi) is 12.9. The lowest BCUT2D eigenvalue weighted by atomic mass is 10.2. The molecule has 0 aromatic carbocycles. The van der Waals surface area contributed by atoms with Crippen molar-refractivity contribution in [1.82, 2.24) is 15.1 Å². The van der Waals surface area contributed by atoms with Gasteiger partial charge in [0.15, 0.2) is 0 Å². The van der Waals surface area contributed by atoms with Gasteiger partial charge in [-0.2, -0.15) is 0 Å². The summed E-state index contributed by atoms with van der Waals surface area (Å²) < 4.78 is 5.53. The van der Waals surface area contributed by atoms with E-state index in [0.29, 0.717) is 6.04 Å². The van der Waals surface area contributed by atoms with E-state index in [0.717, 1.165) is 32.6 Å². The molecule has 21 heavy (non-hydrogen) atoms. The highest BCUT2D eigenvalue weighted by atomic mass is 16.5. The third-order valence-electron chi connectivity index (χ3n) is 3.46. The van der Waals surface area contributed by atoms with E-state index in [2.05, 4.69) is 29.0 Å². The van der Waals surface area contributed by atoms with Crippen LogP contribution in [0.1, 0.15) is 27.7 Å². The minimum absolute atomic E-state index is 0.204. The summed E-state index contributed by atoms with van der Waals surface area (Å²) in [5, 5.41) is 3.08. The minimum atomic E-state index is 0.204. The van der Waals surface area contributed by atoms with Gasteiger partial charge in [0.1, 0.15) is 6.29 Å². The van der Waals surface area contributed by atoms with Crippen molar-refractivity contribution in [2.24, 2.45) is 5.92 Å². The summed E-state index contributed by atoms with van der Waals surface area (Å²) in [6.45, 7) is 16.7. The van der Waals surface area contributed by atoms with Crippen molar-refractivity contribution in [3.8, 4) is 0 Å². The van der Waals surface area contributed by atoms with Gasteiger partial charge in [-0.1, -0.05) is 13.8 Å². The third kappa shape index (κ3) is 11.8. The van der Waals surface area contributed by atoms with Crippen molar-refractivity contribution in [3.05, 3.63) is 0 Å². The van der Waals surface area contributed by atoms with E-state index < -0.39 is 0 Å². The molecule has 0 radical (unpaired) electrons. The predicted octanol–water partition coefficient (Wildman–Crippen LogP) is 1.09. The number of hydrogen-bond donors (Lipinski definition) is 1. The maximum Gasteiger partial charge on any atom is 0.122 e. The second-order valence-electron chi connectivity index (χ2n) is 6.07. The Bertz CT molecular complexity index is 240. The van der Waals surface area contributed by atoms with Gasteiger partial charge in [0, 0.05) is 51.2 Å². The molecule has 1 aliphatic heterocycles. The highest BCUT2D eigenvalue weighted by Gasteiger charge is 2.17. The first-order chi connectivity index (χ1) is 10.0. The number of carbonyl (C=O) groups is 1. The fourth-order valence-corrected chi connectivity index (χ4v) is 1.97. The summed E-state index contributed by atoms with van der Waals surface area (Å²) in [6, 6.07) is 0.689. The molecule has 0 unspecified atom stereocenters. The standard InChI is InChI=1S/C12H27N3O.C4H8O/c1-12(2)15-7-5-14(6-8-15)9-11-16-10-4-13-3;1-4(2)3-5/h12-13H,4-11H2,1-3H3;3-4H,1-2H3. The molecule has 1 aliphatic rings. The molecule has 0 atom stereocenters. The lowest BCUT2D eigenvalue weighted by Crippen LogP contribution is -2.49. The predicted molar refractivity (Wildman–Crippen MR) is 88.8 cm³/mol. The van der Waals surface area contributed by atoms with Gasteiger partial charge in [-0.05, 0) is 20.9 Å². The van der Waals surface area contributed by atoms with E-state index in [1.165, 1.54) is 26.2 Å². The lowest BCUT2D eigenvalue weighted by molar-refractivity contribution is -0.110. The smallest absolute Gasteiger partial charge is 0.122 e. The summed E-state index contributed by atoms with van der Waals surface area (Å²) in [6.07, 6.45) is 0.917. The molecule has 126 valence electrons.